The van der Waals surface area contributed by atoms with Crippen LogP contribution in [0.2, 0.25) is 0 Å². The monoisotopic (exact) mass is 293 g/mol. The predicted octanol–water partition coefficient (Wildman–Crippen LogP) is 2.76. The molecule has 120 valence electrons. The lowest BCUT2D eigenvalue weighted by Crippen LogP contribution is -2.44. The van der Waals surface area contributed by atoms with Crippen LogP contribution in [-0.2, 0) is 18.2 Å². The molecule has 1 saturated heterocycles. The van der Waals surface area contributed by atoms with E-state index in [9.17, 15) is 0 Å². The molecular formula is C17H31N3O. The molecule has 0 aromatic carbocycles. The van der Waals surface area contributed by atoms with Gasteiger partial charge in [-0.15, -0.1) is 0 Å². The number of nitrogens with one attached hydrogen (secondary N) is 1. The Balaban J connectivity index is 2.25. The van der Waals surface area contributed by atoms with Crippen LogP contribution >= 0.6 is 0 Å². The van der Waals surface area contributed by atoms with Gasteiger partial charge in [-0.3, -0.25) is 4.68 Å². The zero-order valence-corrected chi connectivity index (χ0v) is 14.9. The van der Waals surface area contributed by atoms with Crippen molar-refractivity contribution in [3.05, 3.63) is 17.0 Å². The molecule has 0 aliphatic carbocycles. The van der Waals surface area contributed by atoms with Gasteiger partial charge in [0.25, 0.3) is 0 Å². The third-order valence-electron chi connectivity index (χ3n) is 5.08. The Morgan fingerprint density at radius 1 is 1.33 bits per heavy atom. The first-order valence-corrected chi connectivity index (χ1v) is 7.94. The van der Waals surface area contributed by atoms with E-state index in [-0.39, 0.29) is 11.2 Å². The van der Waals surface area contributed by atoms with E-state index in [4.69, 9.17) is 4.74 Å². The van der Waals surface area contributed by atoms with E-state index in [0.29, 0.717) is 12.0 Å². The molecule has 21 heavy (non-hydrogen) atoms. The van der Waals surface area contributed by atoms with E-state index in [0.717, 1.165) is 18.5 Å². The number of hydrogen-bond acceptors (Lipinski definition) is 3. The van der Waals surface area contributed by atoms with Crippen molar-refractivity contribution in [2.24, 2.45) is 13.0 Å². The second kappa shape index (κ2) is 5.40. The van der Waals surface area contributed by atoms with Crippen LogP contribution in [0.3, 0.4) is 0 Å². The maximum absolute atomic E-state index is 6.27. The molecule has 1 aliphatic rings. The van der Waals surface area contributed by atoms with Crippen molar-refractivity contribution in [2.45, 2.75) is 71.6 Å². The molecule has 0 amide bonds. The van der Waals surface area contributed by atoms with E-state index in [2.05, 4.69) is 59.0 Å². The van der Waals surface area contributed by atoms with Gasteiger partial charge in [0.15, 0.2) is 0 Å². The van der Waals surface area contributed by atoms with Crippen LogP contribution in [0, 0.1) is 19.8 Å². The highest BCUT2D eigenvalue weighted by Crippen LogP contribution is 2.44. The molecule has 2 unspecified atom stereocenters. The summed E-state index contributed by atoms with van der Waals surface area (Å²) in [4.78, 5) is 0. The van der Waals surface area contributed by atoms with Gasteiger partial charge in [0.2, 0.25) is 0 Å². The Hall–Kier alpha value is -0.870. The van der Waals surface area contributed by atoms with Gasteiger partial charge in [0.1, 0.15) is 0 Å². The summed E-state index contributed by atoms with van der Waals surface area (Å²) < 4.78 is 8.26. The van der Waals surface area contributed by atoms with Crippen LogP contribution in [0.25, 0.3) is 0 Å². The van der Waals surface area contributed by atoms with Gasteiger partial charge < -0.3 is 10.1 Å². The van der Waals surface area contributed by atoms with Crippen molar-refractivity contribution in [3.8, 4) is 0 Å². The molecule has 0 saturated carbocycles. The zero-order chi connectivity index (χ0) is 16.0. The van der Waals surface area contributed by atoms with Crippen molar-refractivity contribution in [2.75, 3.05) is 7.05 Å². The molecule has 1 N–H and O–H groups in total. The quantitative estimate of drug-likeness (QED) is 0.928. The van der Waals surface area contributed by atoms with E-state index in [1.807, 2.05) is 11.7 Å². The largest absolute Gasteiger partial charge is 0.369 e. The Kier molecular flexibility index (Phi) is 4.24. The van der Waals surface area contributed by atoms with E-state index < -0.39 is 0 Å². The molecule has 0 spiro atoms. The van der Waals surface area contributed by atoms with E-state index >= 15 is 0 Å². The fourth-order valence-electron chi connectivity index (χ4n) is 4.01. The number of likely N-dealkylation sites (N-methyl/N-ethyl adjacent to an activating group) is 1. The molecule has 2 heterocycles. The highest BCUT2D eigenvalue weighted by molar-refractivity contribution is 5.26. The summed E-state index contributed by atoms with van der Waals surface area (Å²) >= 11 is 0. The van der Waals surface area contributed by atoms with E-state index in [1.165, 1.54) is 11.3 Å². The topological polar surface area (TPSA) is 39.1 Å². The molecule has 1 aliphatic heterocycles. The molecule has 2 atom stereocenters. The SMILES string of the molecule is CNC(Cc1c(C)nn(C)c1C)C1CC(C)(C)OC1(C)C. The molecule has 0 radical (unpaired) electrons. The normalized spacial score (nSPS) is 25.2. The Bertz CT molecular complexity index is 516. The minimum atomic E-state index is -0.0960. The smallest absolute Gasteiger partial charge is 0.0677 e. The van der Waals surface area contributed by atoms with Crippen LogP contribution in [0.1, 0.15) is 51.1 Å². The first kappa shape index (κ1) is 16.5. The molecule has 1 aromatic heterocycles. The summed E-state index contributed by atoms with van der Waals surface area (Å²) in [6, 6.07) is 0.406. The van der Waals surface area contributed by atoms with Crippen LogP contribution in [0.5, 0.6) is 0 Å². The minimum Gasteiger partial charge on any atom is -0.369 e. The second-order valence-electron chi connectivity index (χ2n) is 7.65. The Labute approximate surface area is 129 Å². The van der Waals surface area contributed by atoms with E-state index in [1.54, 1.807) is 0 Å². The number of aromatic nitrogens is 2. The molecule has 2 rings (SSSR count). The van der Waals surface area contributed by atoms with Crippen LogP contribution < -0.4 is 5.32 Å². The summed E-state index contributed by atoms with van der Waals surface area (Å²) in [5, 5.41) is 8.08. The first-order chi connectivity index (χ1) is 9.57. The molecule has 0 bridgehead atoms. The number of nitrogens with zero attached hydrogens (tertiary/aromatic N) is 2. The molecule has 1 aromatic rings. The Morgan fingerprint density at radius 3 is 2.33 bits per heavy atom. The second-order valence-corrected chi connectivity index (χ2v) is 7.65. The lowest BCUT2D eigenvalue weighted by molar-refractivity contribution is -0.0774. The van der Waals surface area contributed by atoms with Gasteiger partial charge in [-0.05, 0) is 67.0 Å². The van der Waals surface area contributed by atoms with Crippen LogP contribution in [0.15, 0.2) is 0 Å². The maximum Gasteiger partial charge on any atom is 0.0677 e. The third-order valence-corrected chi connectivity index (χ3v) is 5.08. The molecule has 4 nitrogen and oxygen atoms in total. The fraction of sp³-hybridized carbons (Fsp3) is 0.824. The summed E-state index contributed by atoms with van der Waals surface area (Å²) in [5.74, 6) is 0.497. The average molecular weight is 293 g/mol. The average Bonchev–Trinajstić information content (AvgIpc) is 2.70. The number of rotatable bonds is 4. The van der Waals surface area contributed by atoms with Gasteiger partial charge >= 0.3 is 0 Å². The fourth-order valence-corrected chi connectivity index (χ4v) is 4.01. The van der Waals surface area contributed by atoms with Crippen molar-refractivity contribution >= 4 is 0 Å². The van der Waals surface area contributed by atoms with Crippen molar-refractivity contribution in [3.63, 3.8) is 0 Å². The van der Waals surface area contributed by atoms with Crippen molar-refractivity contribution in [1.29, 1.82) is 0 Å². The number of aryl methyl sites for hydroxylation is 2. The predicted molar refractivity (Wildman–Crippen MR) is 86.6 cm³/mol. The summed E-state index contributed by atoms with van der Waals surface area (Å²) in [7, 11) is 4.08. The highest BCUT2D eigenvalue weighted by Gasteiger charge is 2.48. The number of ether oxygens (including phenoxy) is 1. The standard InChI is InChI=1S/C17H31N3O/c1-11-13(12(2)20(8)19-11)9-15(18-7)14-10-16(3,4)21-17(14,5)6/h14-15,18H,9-10H2,1-8H3. The van der Waals surface area contributed by atoms with Gasteiger partial charge in [-0.2, -0.15) is 5.10 Å². The molecule has 1 fully saturated rings. The van der Waals surface area contributed by atoms with Gasteiger partial charge in [-0.25, -0.2) is 0 Å². The van der Waals surface area contributed by atoms with Gasteiger partial charge in [0, 0.05) is 24.7 Å². The lowest BCUT2D eigenvalue weighted by Gasteiger charge is -2.33. The summed E-state index contributed by atoms with van der Waals surface area (Å²) in [5.41, 5.74) is 3.65. The minimum absolute atomic E-state index is 0.0394. The first-order valence-electron chi connectivity index (χ1n) is 7.94. The summed E-state index contributed by atoms with van der Waals surface area (Å²) in [6.07, 6.45) is 2.10. The summed E-state index contributed by atoms with van der Waals surface area (Å²) in [6.45, 7) is 13.1. The van der Waals surface area contributed by atoms with Crippen LogP contribution in [0.4, 0.5) is 0 Å². The molecular weight excluding hydrogens is 262 g/mol. The highest BCUT2D eigenvalue weighted by atomic mass is 16.5. The van der Waals surface area contributed by atoms with Gasteiger partial charge in [0.05, 0.1) is 16.9 Å². The van der Waals surface area contributed by atoms with Crippen LogP contribution in [-0.4, -0.2) is 34.1 Å². The van der Waals surface area contributed by atoms with Crippen molar-refractivity contribution in [1.82, 2.24) is 15.1 Å². The molecule has 4 heteroatoms. The lowest BCUT2D eigenvalue weighted by atomic mass is 9.79. The van der Waals surface area contributed by atoms with Crippen molar-refractivity contribution < 1.29 is 4.74 Å². The zero-order valence-electron chi connectivity index (χ0n) is 14.9. The third kappa shape index (κ3) is 3.16. The Morgan fingerprint density at radius 2 is 1.95 bits per heavy atom. The van der Waals surface area contributed by atoms with Gasteiger partial charge in [-0.1, -0.05) is 0 Å². The number of hydrogen-bond donors (Lipinski definition) is 1. The maximum atomic E-state index is 6.27.